The van der Waals surface area contributed by atoms with Gasteiger partial charge in [-0.1, -0.05) is 11.2 Å². The van der Waals surface area contributed by atoms with Gasteiger partial charge in [-0.15, -0.1) is 0 Å². The van der Waals surface area contributed by atoms with Gasteiger partial charge in [-0.2, -0.15) is 0 Å². The first-order valence-corrected chi connectivity index (χ1v) is 11.2. The van der Waals surface area contributed by atoms with Crippen LogP contribution in [0.1, 0.15) is 35.1 Å². The molecule has 9 nitrogen and oxygen atoms in total. The van der Waals surface area contributed by atoms with E-state index in [1.54, 1.807) is 0 Å². The van der Waals surface area contributed by atoms with Crippen LogP contribution in [0.5, 0.6) is 0 Å². The highest BCUT2D eigenvalue weighted by Gasteiger charge is 2.38. The molecule has 1 aromatic rings. The maximum Gasteiger partial charge on any atom is 0.332 e. The van der Waals surface area contributed by atoms with Gasteiger partial charge in [-0.05, 0) is 66.3 Å². The van der Waals surface area contributed by atoms with E-state index >= 15 is 0 Å². The van der Waals surface area contributed by atoms with E-state index in [4.69, 9.17) is 5.53 Å². The smallest absolute Gasteiger partial charge is 0.307 e. The molecule has 2 N–H and O–H groups in total. The van der Waals surface area contributed by atoms with Crippen LogP contribution in [0.15, 0.2) is 11.2 Å². The molecular formula is C18H24N6O3S. The number of amides is 2. The molecule has 1 aromatic carbocycles. The fourth-order valence-corrected chi connectivity index (χ4v) is 5.74. The van der Waals surface area contributed by atoms with E-state index in [1.807, 2.05) is 4.90 Å². The molecule has 0 saturated carbocycles. The van der Waals surface area contributed by atoms with E-state index in [9.17, 15) is 13.2 Å². The Balaban J connectivity index is 1.40. The van der Waals surface area contributed by atoms with Crippen LogP contribution in [0.2, 0.25) is 0 Å². The zero-order valence-electron chi connectivity index (χ0n) is 15.6. The van der Waals surface area contributed by atoms with Gasteiger partial charge in [0.05, 0.1) is 0 Å². The quantitative estimate of drug-likeness (QED) is 0.427. The monoisotopic (exact) mass is 404 g/mol. The number of likely N-dealkylation sites (tertiary alicyclic amines) is 1. The van der Waals surface area contributed by atoms with Gasteiger partial charge in [0.1, 0.15) is 5.25 Å². The Hall–Kier alpha value is -2.29. The number of hydrogen-bond donors (Lipinski definition) is 2. The summed E-state index contributed by atoms with van der Waals surface area (Å²) in [6.45, 7) is 1.49. The summed E-state index contributed by atoms with van der Waals surface area (Å²) in [4.78, 5) is 17.1. The van der Waals surface area contributed by atoms with Crippen molar-refractivity contribution >= 4 is 21.7 Å². The minimum absolute atomic E-state index is 0.307. The lowest BCUT2D eigenvalue weighted by Crippen LogP contribution is -2.58. The van der Waals surface area contributed by atoms with Gasteiger partial charge in [0.2, 0.25) is 10.0 Å². The molecule has 0 aromatic heterocycles. The first kappa shape index (κ1) is 19.0. The molecule has 0 radical (unpaired) electrons. The number of carbonyl (C=O) groups is 1. The molecular weight excluding hydrogens is 380 g/mol. The van der Waals surface area contributed by atoms with E-state index in [1.165, 1.54) is 22.3 Å². The largest absolute Gasteiger partial charge is 0.332 e. The minimum atomic E-state index is -3.74. The standard InChI is InChI=1S/C18H24N6O3S/c19-23-20-7-8-24-10-14(11-24)28(26,27)22-18(25)21-17-15-5-1-3-12(15)9-13-4-2-6-16(13)17/h9,14H,1-8,10-11H2,(H2,21,22,25). The molecule has 28 heavy (non-hydrogen) atoms. The van der Waals surface area contributed by atoms with Crippen molar-refractivity contribution < 1.29 is 13.2 Å². The maximum atomic E-state index is 12.5. The molecule has 10 heteroatoms. The summed E-state index contributed by atoms with van der Waals surface area (Å²) in [6.07, 6.45) is 6.03. The normalized spacial score (nSPS) is 18.7. The van der Waals surface area contributed by atoms with Crippen LogP contribution in [0.4, 0.5) is 10.5 Å². The Labute approximate surface area is 164 Å². The number of nitrogens with zero attached hydrogens (tertiary/aromatic N) is 4. The van der Waals surface area contributed by atoms with Crippen LogP contribution in [0, 0.1) is 0 Å². The number of carbonyl (C=O) groups excluding carboxylic acids is 1. The summed E-state index contributed by atoms with van der Waals surface area (Å²) in [5.74, 6) is 0. The average molecular weight is 404 g/mol. The van der Waals surface area contributed by atoms with Crippen molar-refractivity contribution in [3.05, 3.63) is 38.8 Å². The summed E-state index contributed by atoms with van der Waals surface area (Å²) in [5, 5.41) is 5.67. The molecule has 0 spiro atoms. The van der Waals surface area contributed by atoms with Crippen LogP contribution in [0.3, 0.4) is 0 Å². The van der Waals surface area contributed by atoms with Crippen molar-refractivity contribution in [1.29, 1.82) is 0 Å². The fourth-order valence-electron chi connectivity index (χ4n) is 4.45. The Morgan fingerprint density at radius 2 is 1.82 bits per heavy atom. The molecule has 3 aliphatic rings. The predicted octanol–water partition coefficient (Wildman–Crippen LogP) is 2.11. The predicted molar refractivity (Wildman–Crippen MR) is 106 cm³/mol. The lowest BCUT2D eigenvalue weighted by Gasteiger charge is -2.38. The van der Waals surface area contributed by atoms with Crippen molar-refractivity contribution in [3.63, 3.8) is 0 Å². The first-order chi connectivity index (χ1) is 13.5. The molecule has 1 saturated heterocycles. The number of azide groups is 1. The molecule has 0 bridgehead atoms. The molecule has 1 aliphatic heterocycles. The SMILES string of the molecule is [N-]=[N+]=NCCN1CC(S(=O)(=O)NC(=O)Nc2c3c(cc4c2CCC4)CCC3)C1. The topological polar surface area (TPSA) is 127 Å². The van der Waals surface area contributed by atoms with Crippen molar-refractivity contribution in [1.82, 2.24) is 9.62 Å². The Kier molecular flexibility index (Phi) is 5.18. The van der Waals surface area contributed by atoms with Gasteiger partial charge >= 0.3 is 6.03 Å². The van der Waals surface area contributed by atoms with E-state index in [0.717, 1.165) is 44.2 Å². The number of aryl methyl sites for hydroxylation is 2. The lowest BCUT2D eigenvalue weighted by molar-refractivity contribution is 0.189. The van der Waals surface area contributed by atoms with E-state index in [2.05, 4.69) is 26.1 Å². The minimum Gasteiger partial charge on any atom is -0.307 e. The van der Waals surface area contributed by atoms with Crippen LogP contribution in [-0.4, -0.2) is 50.8 Å². The third-order valence-electron chi connectivity index (χ3n) is 5.89. The van der Waals surface area contributed by atoms with Crippen molar-refractivity contribution in [2.45, 2.75) is 43.8 Å². The van der Waals surface area contributed by atoms with Gasteiger partial charge in [0.15, 0.2) is 0 Å². The van der Waals surface area contributed by atoms with Gasteiger partial charge in [-0.3, -0.25) is 0 Å². The van der Waals surface area contributed by atoms with Gasteiger partial charge in [0, 0.05) is 36.8 Å². The molecule has 0 atom stereocenters. The highest BCUT2D eigenvalue weighted by atomic mass is 32.2. The van der Waals surface area contributed by atoms with Gasteiger partial charge < -0.3 is 10.2 Å². The Bertz CT molecular complexity index is 916. The number of anilines is 1. The van der Waals surface area contributed by atoms with Gasteiger partial charge in [0.25, 0.3) is 0 Å². The average Bonchev–Trinajstić information content (AvgIpc) is 3.24. The summed E-state index contributed by atoms with van der Waals surface area (Å²) < 4.78 is 27.1. The third-order valence-corrected chi connectivity index (χ3v) is 7.53. The number of nitrogens with one attached hydrogen (secondary N) is 2. The third kappa shape index (κ3) is 3.67. The van der Waals surface area contributed by atoms with Crippen molar-refractivity contribution in [3.8, 4) is 0 Å². The maximum absolute atomic E-state index is 12.5. The number of hydrogen-bond acceptors (Lipinski definition) is 5. The summed E-state index contributed by atoms with van der Waals surface area (Å²) in [5.41, 5.74) is 14.0. The molecule has 150 valence electrons. The van der Waals surface area contributed by atoms with Gasteiger partial charge in [-0.25, -0.2) is 17.9 Å². The highest BCUT2D eigenvalue weighted by Crippen LogP contribution is 2.38. The summed E-state index contributed by atoms with van der Waals surface area (Å²) in [6, 6.07) is 1.59. The molecule has 1 heterocycles. The Morgan fingerprint density at radius 3 is 2.43 bits per heavy atom. The van der Waals surface area contributed by atoms with Crippen molar-refractivity contribution in [2.75, 3.05) is 31.5 Å². The van der Waals surface area contributed by atoms with Crippen molar-refractivity contribution in [2.24, 2.45) is 5.11 Å². The van der Waals surface area contributed by atoms with Crippen LogP contribution < -0.4 is 10.0 Å². The van der Waals surface area contributed by atoms with Crippen LogP contribution in [-0.2, 0) is 35.7 Å². The zero-order chi connectivity index (χ0) is 19.7. The molecule has 2 aliphatic carbocycles. The van der Waals surface area contributed by atoms with E-state index < -0.39 is 21.3 Å². The molecule has 0 unspecified atom stereocenters. The van der Waals surface area contributed by atoms with E-state index in [0.29, 0.717) is 26.2 Å². The fraction of sp³-hybridized carbons (Fsp3) is 0.611. The number of urea groups is 1. The second-order valence-corrected chi connectivity index (χ2v) is 9.63. The number of rotatable bonds is 6. The summed E-state index contributed by atoms with van der Waals surface area (Å²) >= 11 is 0. The number of benzene rings is 1. The first-order valence-electron chi connectivity index (χ1n) is 9.70. The molecule has 1 fully saturated rings. The van der Waals surface area contributed by atoms with E-state index in [-0.39, 0.29) is 0 Å². The highest BCUT2D eigenvalue weighted by molar-refractivity contribution is 7.90. The second-order valence-electron chi connectivity index (χ2n) is 7.67. The Morgan fingerprint density at radius 1 is 1.18 bits per heavy atom. The number of sulfonamides is 1. The lowest BCUT2D eigenvalue weighted by atomic mass is 9.99. The number of fused-ring (bicyclic) bond motifs is 2. The molecule has 2 amide bonds. The summed E-state index contributed by atoms with van der Waals surface area (Å²) in [7, 11) is -3.74. The zero-order valence-corrected chi connectivity index (χ0v) is 16.5. The van der Waals surface area contributed by atoms with Crippen LogP contribution in [0.25, 0.3) is 10.4 Å². The molecule has 4 rings (SSSR count). The van der Waals surface area contributed by atoms with Crippen LogP contribution >= 0.6 is 0 Å². The second kappa shape index (κ2) is 7.62.